The Balaban J connectivity index is 4.47. The Morgan fingerprint density at radius 1 is 1.00 bits per heavy atom. The highest BCUT2D eigenvalue weighted by Crippen LogP contribution is 2.39. The van der Waals surface area contributed by atoms with E-state index in [1.165, 1.54) is 0 Å². The zero-order valence-electron chi connectivity index (χ0n) is 11.0. The van der Waals surface area contributed by atoms with Crippen molar-refractivity contribution in [2.75, 3.05) is 6.61 Å². The molecule has 0 fully saturated rings. The summed E-state index contributed by atoms with van der Waals surface area (Å²) >= 11 is 0. The van der Waals surface area contributed by atoms with E-state index in [1.54, 1.807) is 0 Å². The lowest BCUT2D eigenvalue weighted by atomic mass is 9.68. The predicted molar refractivity (Wildman–Crippen MR) is 63.3 cm³/mol. The van der Waals surface area contributed by atoms with E-state index in [2.05, 4.69) is 48.5 Å². The number of hydrogen-bond acceptors (Lipinski definition) is 1. The van der Waals surface area contributed by atoms with E-state index in [0.29, 0.717) is 23.9 Å². The Kier molecular flexibility index (Phi) is 4.64. The highest BCUT2D eigenvalue weighted by molar-refractivity contribution is 4.83. The van der Waals surface area contributed by atoms with Gasteiger partial charge < -0.3 is 5.11 Å². The first-order valence-electron chi connectivity index (χ1n) is 5.74. The molecule has 0 amide bonds. The van der Waals surface area contributed by atoms with Crippen LogP contribution in [0.5, 0.6) is 0 Å². The number of rotatable bonds is 4. The molecule has 1 nitrogen and oxygen atoms in total. The van der Waals surface area contributed by atoms with Crippen molar-refractivity contribution in [2.45, 2.75) is 54.9 Å². The summed E-state index contributed by atoms with van der Waals surface area (Å²) in [7, 11) is 0. The Hall–Kier alpha value is -0.0400. The standard InChI is InChI=1S/C13H28O/c1-10(2)13(7,9-14)8-11(3)12(4,5)6/h10-11,14H,8-9H2,1-7H3. The molecule has 1 N–H and O–H groups in total. The zero-order valence-corrected chi connectivity index (χ0v) is 11.0. The van der Waals surface area contributed by atoms with Crippen LogP contribution in [-0.4, -0.2) is 11.7 Å². The van der Waals surface area contributed by atoms with Gasteiger partial charge in [0.2, 0.25) is 0 Å². The summed E-state index contributed by atoms with van der Waals surface area (Å²) in [6, 6.07) is 0. The molecule has 0 aliphatic heterocycles. The van der Waals surface area contributed by atoms with Crippen LogP contribution in [0, 0.1) is 22.7 Å². The van der Waals surface area contributed by atoms with Crippen LogP contribution in [-0.2, 0) is 0 Å². The van der Waals surface area contributed by atoms with Gasteiger partial charge in [0.1, 0.15) is 0 Å². The monoisotopic (exact) mass is 200 g/mol. The maximum atomic E-state index is 9.47. The van der Waals surface area contributed by atoms with Crippen LogP contribution in [0.1, 0.15) is 54.9 Å². The summed E-state index contributed by atoms with van der Waals surface area (Å²) in [5.41, 5.74) is 0.415. The van der Waals surface area contributed by atoms with Crippen LogP contribution in [0.4, 0.5) is 0 Å². The lowest BCUT2D eigenvalue weighted by Gasteiger charge is -2.38. The third kappa shape index (κ3) is 3.61. The van der Waals surface area contributed by atoms with Crippen LogP contribution in [0.15, 0.2) is 0 Å². The summed E-state index contributed by atoms with van der Waals surface area (Å²) < 4.78 is 0. The van der Waals surface area contributed by atoms with E-state index in [4.69, 9.17) is 0 Å². The molecular weight excluding hydrogens is 172 g/mol. The van der Waals surface area contributed by atoms with Gasteiger partial charge in [0.05, 0.1) is 0 Å². The van der Waals surface area contributed by atoms with Gasteiger partial charge in [0.15, 0.2) is 0 Å². The van der Waals surface area contributed by atoms with Gasteiger partial charge >= 0.3 is 0 Å². The molecule has 1 heteroatoms. The minimum absolute atomic E-state index is 0.0761. The van der Waals surface area contributed by atoms with Crippen molar-refractivity contribution in [1.29, 1.82) is 0 Å². The summed E-state index contributed by atoms with van der Waals surface area (Å²) in [6.07, 6.45) is 1.10. The minimum atomic E-state index is 0.0761. The quantitative estimate of drug-likeness (QED) is 0.733. The van der Waals surface area contributed by atoms with Gasteiger partial charge in [-0.25, -0.2) is 0 Å². The third-order valence-electron chi connectivity index (χ3n) is 4.01. The average molecular weight is 200 g/mol. The van der Waals surface area contributed by atoms with Crippen LogP contribution in [0.2, 0.25) is 0 Å². The van der Waals surface area contributed by atoms with Crippen molar-refractivity contribution in [3.05, 3.63) is 0 Å². The van der Waals surface area contributed by atoms with Crippen LogP contribution in [0.3, 0.4) is 0 Å². The molecule has 0 aromatic heterocycles. The minimum Gasteiger partial charge on any atom is -0.396 e. The Morgan fingerprint density at radius 3 is 1.64 bits per heavy atom. The van der Waals surface area contributed by atoms with Crippen molar-refractivity contribution in [1.82, 2.24) is 0 Å². The molecule has 0 aromatic carbocycles. The summed E-state index contributed by atoms with van der Waals surface area (Å²) in [4.78, 5) is 0. The molecule has 0 spiro atoms. The number of hydrogen-bond donors (Lipinski definition) is 1. The molecule has 14 heavy (non-hydrogen) atoms. The predicted octanol–water partition coefficient (Wildman–Crippen LogP) is 3.71. The third-order valence-corrected chi connectivity index (χ3v) is 4.01. The van der Waals surface area contributed by atoms with Crippen molar-refractivity contribution in [3.8, 4) is 0 Å². The normalized spacial score (nSPS) is 19.5. The van der Waals surface area contributed by atoms with E-state index in [1.807, 2.05) is 0 Å². The van der Waals surface area contributed by atoms with Crippen LogP contribution < -0.4 is 0 Å². The second kappa shape index (κ2) is 4.65. The molecule has 0 radical (unpaired) electrons. The van der Waals surface area contributed by atoms with Crippen molar-refractivity contribution < 1.29 is 5.11 Å². The van der Waals surface area contributed by atoms with Gasteiger partial charge in [-0.05, 0) is 29.1 Å². The average Bonchev–Trinajstić information content (AvgIpc) is 2.02. The van der Waals surface area contributed by atoms with Gasteiger partial charge in [-0.1, -0.05) is 48.5 Å². The topological polar surface area (TPSA) is 20.2 Å². The SMILES string of the molecule is CC(CC(C)(CO)C(C)C)C(C)(C)C. The second-order valence-corrected chi connectivity index (χ2v) is 6.44. The van der Waals surface area contributed by atoms with Gasteiger partial charge in [0.25, 0.3) is 0 Å². The molecule has 0 aromatic rings. The van der Waals surface area contributed by atoms with Gasteiger partial charge in [-0.3, -0.25) is 0 Å². The van der Waals surface area contributed by atoms with E-state index in [9.17, 15) is 5.11 Å². The van der Waals surface area contributed by atoms with E-state index < -0.39 is 0 Å². The number of aliphatic hydroxyl groups is 1. The lowest BCUT2D eigenvalue weighted by Crippen LogP contribution is -2.33. The first kappa shape index (κ1) is 14.0. The molecule has 2 unspecified atom stereocenters. The van der Waals surface area contributed by atoms with Gasteiger partial charge in [-0.2, -0.15) is 0 Å². The molecule has 0 aliphatic carbocycles. The fourth-order valence-corrected chi connectivity index (χ4v) is 1.49. The van der Waals surface area contributed by atoms with Gasteiger partial charge in [-0.15, -0.1) is 0 Å². The fraction of sp³-hybridized carbons (Fsp3) is 1.00. The Bertz CT molecular complexity index is 167. The number of aliphatic hydroxyl groups excluding tert-OH is 1. The summed E-state index contributed by atoms with van der Waals surface area (Å²) in [5, 5.41) is 9.47. The molecule has 0 bridgehead atoms. The summed E-state index contributed by atoms with van der Waals surface area (Å²) in [6.45, 7) is 16.0. The molecule has 0 heterocycles. The maximum absolute atomic E-state index is 9.47. The molecular formula is C13H28O. The summed E-state index contributed by atoms with van der Waals surface area (Å²) in [5.74, 6) is 1.18. The first-order valence-corrected chi connectivity index (χ1v) is 5.74. The highest BCUT2D eigenvalue weighted by Gasteiger charge is 2.33. The molecule has 0 saturated heterocycles. The molecule has 86 valence electrons. The van der Waals surface area contributed by atoms with Crippen LogP contribution >= 0.6 is 0 Å². The van der Waals surface area contributed by atoms with E-state index in [-0.39, 0.29) is 5.41 Å². The molecule has 0 saturated carbocycles. The molecule has 2 atom stereocenters. The first-order chi connectivity index (χ1) is 6.13. The van der Waals surface area contributed by atoms with Crippen molar-refractivity contribution >= 4 is 0 Å². The zero-order chi connectivity index (χ0) is 11.6. The fourth-order valence-electron chi connectivity index (χ4n) is 1.49. The Morgan fingerprint density at radius 2 is 1.43 bits per heavy atom. The molecule has 0 aliphatic rings. The largest absolute Gasteiger partial charge is 0.396 e. The lowest BCUT2D eigenvalue weighted by molar-refractivity contribution is 0.0477. The maximum Gasteiger partial charge on any atom is 0.0487 e. The molecule has 0 rings (SSSR count). The van der Waals surface area contributed by atoms with Gasteiger partial charge in [0, 0.05) is 6.61 Å². The van der Waals surface area contributed by atoms with Crippen molar-refractivity contribution in [2.24, 2.45) is 22.7 Å². The second-order valence-electron chi connectivity index (χ2n) is 6.44. The van der Waals surface area contributed by atoms with E-state index >= 15 is 0 Å². The smallest absolute Gasteiger partial charge is 0.0487 e. The van der Waals surface area contributed by atoms with Crippen molar-refractivity contribution in [3.63, 3.8) is 0 Å². The Labute approximate surface area is 89.9 Å². The van der Waals surface area contributed by atoms with Crippen LogP contribution in [0.25, 0.3) is 0 Å². The highest BCUT2D eigenvalue weighted by atomic mass is 16.3. The van der Waals surface area contributed by atoms with E-state index in [0.717, 1.165) is 6.42 Å².